The molecule has 0 amide bonds. The SMILES string of the molecule is CCc1nn(C)c(CC(CO)(CO)C2CCCC2)c1Cl. The zero-order valence-corrected chi connectivity index (χ0v) is 13.2. The Balaban J connectivity index is 2.30. The average Bonchev–Trinajstić information content (AvgIpc) is 3.08. The smallest absolute Gasteiger partial charge is 0.0849 e. The Morgan fingerprint density at radius 1 is 1.30 bits per heavy atom. The van der Waals surface area contributed by atoms with Crippen molar-refractivity contribution in [3.05, 3.63) is 16.4 Å². The highest BCUT2D eigenvalue weighted by atomic mass is 35.5. The van der Waals surface area contributed by atoms with Gasteiger partial charge in [-0.15, -0.1) is 0 Å². The van der Waals surface area contributed by atoms with Crippen LogP contribution in [-0.4, -0.2) is 33.2 Å². The first kappa shape index (κ1) is 15.8. The van der Waals surface area contributed by atoms with Gasteiger partial charge in [0.25, 0.3) is 0 Å². The lowest BCUT2D eigenvalue weighted by Gasteiger charge is -2.36. The number of aromatic nitrogens is 2. The third-order valence-corrected chi connectivity index (χ3v) is 5.31. The van der Waals surface area contributed by atoms with Crippen LogP contribution in [0.2, 0.25) is 5.02 Å². The summed E-state index contributed by atoms with van der Waals surface area (Å²) in [6.07, 6.45) is 5.92. The number of halogens is 1. The van der Waals surface area contributed by atoms with Crippen molar-refractivity contribution in [2.45, 2.75) is 45.4 Å². The Hall–Kier alpha value is -0.580. The van der Waals surface area contributed by atoms with E-state index in [2.05, 4.69) is 5.10 Å². The second kappa shape index (κ2) is 6.46. The maximum Gasteiger partial charge on any atom is 0.0849 e. The number of aliphatic hydroxyl groups excluding tert-OH is 2. The Morgan fingerprint density at radius 3 is 2.35 bits per heavy atom. The van der Waals surface area contributed by atoms with Crippen molar-refractivity contribution in [2.24, 2.45) is 18.4 Å². The van der Waals surface area contributed by atoms with Gasteiger partial charge in [0.15, 0.2) is 0 Å². The van der Waals surface area contributed by atoms with E-state index in [1.165, 1.54) is 12.8 Å². The van der Waals surface area contributed by atoms with Gasteiger partial charge >= 0.3 is 0 Å². The largest absolute Gasteiger partial charge is 0.396 e. The van der Waals surface area contributed by atoms with Gasteiger partial charge in [-0.3, -0.25) is 4.68 Å². The van der Waals surface area contributed by atoms with Crippen LogP contribution in [0.1, 0.15) is 44.0 Å². The van der Waals surface area contributed by atoms with Crippen LogP contribution in [0.5, 0.6) is 0 Å². The van der Waals surface area contributed by atoms with Crippen LogP contribution >= 0.6 is 11.6 Å². The van der Waals surface area contributed by atoms with Gasteiger partial charge in [-0.2, -0.15) is 5.10 Å². The molecule has 5 heteroatoms. The number of aryl methyl sites for hydroxylation is 2. The molecule has 1 heterocycles. The van der Waals surface area contributed by atoms with Crippen LogP contribution < -0.4 is 0 Å². The van der Waals surface area contributed by atoms with E-state index in [-0.39, 0.29) is 13.2 Å². The molecule has 1 saturated carbocycles. The van der Waals surface area contributed by atoms with E-state index in [9.17, 15) is 10.2 Å². The van der Waals surface area contributed by atoms with E-state index >= 15 is 0 Å². The van der Waals surface area contributed by atoms with Crippen LogP contribution in [0.3, 0.4) is 0 Å². The van der Waals surface area contributed by atoms with Crippen molar-refractivity contribution in [1.29, 1.82) is 0 Å². The minimum absolute atomic E-state index is 0.00284. The van der Waals surface area contributed by atoms with E-state index < -0.39 is 5.41 Å². The van der Waals surface area contributed by atoms with Crippen LogP contribution in [0, 0.1) is 11.3 Å². The summed E-state index contributed by atoms with van der Waals surface area (Å²) in [6, 6.07) is 0. The van der Waals surface area contributed by atoms with Crippen molar-refractivity contribution in [1.82, 2.24) is 9.78 Å². The van der Waals surface area contributed by atoms with Gasteiger partial charge in [-0.05, 0) is 25.2 Å². The monoisotopic (exact) mass is 300 g/mol. The molecule has 2 rings (SSSR count). The van der Waals surface area contributed by atoms with Crippen LogP contribution in [0.15, 0.2) is 0 Å². The highest BCUT2D eigenvalue weighted by Crippen LogP contribution is 2.43. The molecule has 2 N–H and O–H groups in total. The van der Waals surface area contributed by atoms with Gasteiger partial charge in [0.05, 0.1) is 29.6 Å². The predicted molar refractivity (Wildman–Crippen MR) is 79.9 cm³/mol. The fraction of sp³-hybridized carbons (Fsp3) is 0.800. The molecule has 1 aliphatic rings. The Morgan fingerprint density at radius 2 is 1.90 bits per heavy atom. The maximum atomic E-state index is 9.91. The molecule has 1 aliphatic carbocycles. The van der Waals surface area contributed by atoms with Crippen molar-refractivity contribution in [2.75, 3.05) is 13.2 Å². The van der Waals surface area contributed by atoms with Gasteiger partial charge < -0.3 is 10.2 Å². The number of nitrogens with zero attached hydrogens (tertiary/aromatic N) is 2. The maximum absolute atomic E-state index is 9.91. The Labute approximate surface area is 125 Å². The van der Waals surface area contributed by atoms with E-state index in [1.54, 1.807) is 4.68 Å². The highest BCUT2D eigenvalue weighted by molar-refractivity contribution is 6.31. The number of aliphatic hydroxyl groups is 2. The quantitative estimate of drug-likeness (QED) is 0.848. The third-order valence-electron chi connectivity index (χ3n) is 4.87. The fourth-order valence-corrected chi connectivity index (χ4v) is 3.81. The summed E-state index contributed by atoms with van der Waals surface area (Å²) >= 11 is 6.41. The molecule has 0 spiro atoms. The van der Waals surface area contributed by atoms with Crippen molar-refractivity contribution < 1.29 is 10.2 Å². The first-order valence-electron chi connectivity index (χ1n) is 7.50. The van der Waals surface area contributed by atoms with E-state index in [0.29, 0.717) is 17.4 Å². The summed E-state index contributed by atoms with van der Waals surface area (Å²) in [5.74, 6) is 0.369. The first-order valence-corrected chi connectivity index (χ1v) is 7.87. The van der Waals surface area contributed by atoms with E-state index in [0.717, 1.165) is 30.7 Å². The minimum atomic E-state index is -0.473. The molecule has 1 aromatic rings. The fourth-order valence-electron chi connectivity index (χ4n) is 3.45. The standard InChI is InChI=1S/C15H25ClN2O2/c1-3-12-14(16)13(18(2)17-12)8-15(9-19,10-20)11-6-4-5-7-11/h11,19-20H,3-10H2,1-2H3. The van der Waals surface area contributed by atoms with Crippen LogP contribution in [-0.2, 0) is 19.9 Å². The van der Waals surface area contributed by atoms with Crippen molar-refractivity contribution in [3.8, 4) is 0 Å². The molecular weight excluding hydrogens is 276 g/mol. The second-order valence-corrected chi connectivity index (χ2v) is 6.40. The summed E-state index contributed by atoms with van der Waals surface area (Å²) in [5.41, 5.74) is 1.35. The molecule has 1 aromatic heterocycles. The number of hydrogen-bond acceptors (Lipinski definition) is 3. The minimum Gasteiger partial charge on any atom is -0.396 e. The third kappa shape index (κ3) is 2.74. The Bertz CT molecular complexity index is 449. The second-order valence-electron chi connectivity index (χ2n) is 6.02. The van der Waals surface area contributed by atoms with Gasteiger partial charge in [-0.1, -0.05) is 31.4 Å². The molecule has 1 fully saturated rings. The zero-order chi connectivity index (χ0) is 14.8. The number of hydrogen-bond donors (Lipinski definition) is 2. The molecule has 0 unspecified atom stereocenters. The van der Waals surface area contributed by atoms with Crippen molar-refractivity contribution in [3.63, 3.8) is 0 Å². The lowest BCUT2D eigenvalue weighted by molar-refractivity contribution is 0.00436. The molecule has 0 atom stereocenters. The molecular formula is C15H25ClN2O2. The predicted octanol–water partition coefficient (Wildman–Crippen LogP) is 2.34. The van der Waals surface area contributed by atoms with E-state index in [4.69, 9.17) is 11.6 Å². The Kier molecular flexibility index (Phi) is 5.10. The number of rotatable bonds is 6. The summed E-state index contributed by atoms with van der Waals surface area (Å²) < 4.78 is 1.80. The van der Waals surface area contributed by atoms with Crippen molar-refractivity contribution >= 4 is 11.6 Å². The highest BCUT2D eigenvalue weighted by Gasteiger charge is 2.40. The van der Waals surface area contributed by atoms with Gasteiger partial charge in [0.1, 0.15) is 0 Å². The van der Waals surface area contributed by atoms with Crippen LogP contribution in [0.25, 0.3) is 0 Å². The van der Waals surface area contributed by atoms with Gasteiger partial charge in [0.2, 0.25) is 0 Å². The molecule has 0 aliphatic heterocycles. The molecule has 0 radical (unpaired) electrons. The lowest BCUT2D eigenvalue weighted by atomic mass is 9.72. The summed E-state index contributed by atoms with van der Waals surface area (Å²) in [6.45, 7) is 2.02. The zero-order valence-electron chi connectivity index (χ0n) is 12.4. The summed E-state index contributed by atoms with van der Waals surface area (Å²) in [4.78, 5) is 0. The van der Waals surface area contributed by atoms with Gasteiger partial charge in [0, 0.05) is 18.9 Å². The molecule has 114 valence electrons. The molecule has 0 aromatic carbocycles. The topological polar surface area (TPSA) is 58.3 Å². The summed E-state index contributed by atoms with van der Waals surface area (Å²) in [7, 11) is 1.88. The first-order chi connectivity index (χ1) is 9.57. The van der Waals surface area contributed by atoms with E-state index in [1.807, 2.05) is 14.0 Å². The molecule has 0 saturated heterocycles. The molecule has 20 heavy (non-hydrogen) atoms. The van der Waals surface area contributed by atoms with Crippen LogP contribution in [0.4, 0.5) is 0 Å². The average molecular weight is 301 g/mol. The summed E-state index contributed by atoms with van der Waals surface area (Å²) in [5, 5.41) is 24.9. The molecule has 0 bridgehead atoms. The lowest BCUT2D eigenvalue weighted by Crippen LogP contribution is -2.39. The molecule has 4 nitrogen and oxygen atoms in total. The normalized spacial score (nSPS) is 17.1. The van der Waals surface area contributed by atoms with Gasteiger partial charge in [-0.25, -0.2) is 0 Å².